The Balaban J connectivity index is 2.28. The molecular formula is C16H15BrN4. The summed E-state index contributed by atoms with van der Waals surface area (Å²) in [4.78, 5) is 13.8. The molecule has 1 aromatic carbocycles. The second-order valence-electron chi connectivity index (χ2n) is 4.64. The number of anilines is 1. The summed E-state index contributed by atoms with van der Waals surface area (Å²) in [6, 6.07) is 10.0. The van der Waals surface area contributed by atoms with E-state index in [-0.39, 0.29) is 0 Å². The van der Waals surface area contributed by atoms with Gasteiger partial charge in [-0.05, 0) is 34.5 Å². The van der Waals surface area contributed by atoms with Crippen molar-refractivity contribution in [2.24, 2.45) is 0 Å². The predicted molar refractivity (Wildman–Crippen MR) is 89.4 cm³/mol. The number of hydrogen-bond acceptors (Lipinski definition) is 4. The Labute approximate surface area is 131 Å². The molecule has 0 fully saturated rings. The quantitative estimate of drug-likeness (QED) is 0.779. The number of aromatic nitrogens is 3. The van der Waals surface area contributed by atoms with Crippen LogP contribution in [0.4, 0.5) is 5.82 Å². The number of benzene rings is 1. The highest BCUT2D eigenvalue weighted by Gasteiger charge is 2.13. The van der Waals surface area contributed by atoms with Gasteiger partial charge in [-0.1, -0.05) is 25.1 Å². The highest BCUT2D eigenvalue weighted by Crippen LogP contribution is 2.30. The van der Waals surface area contributed by atoms with E-state index < -0.39 is 0 Å². The summed E-state index contributed by atoms with van der Waals surface area (Å²) >= 11 is 3.55. The minimum absolute atomic E-state index is 0.698. The average Bonchev–Trinajstić information content (AvgIpc) is 2.54. The summed E-state index contributed by atoms with van der Waals surface area (Å²) in [6.07, 6.45) is 2.63. The van der Waals surface area contributed by atoms with Crippen LogP contribution in [0.3, 0.4) is 0 Å². The first kappa shape index (κ1) is 13.9. The van der Waals surface area contributed by atoms with Crippen molar-refractivity contribution in [1.82, 2.24) is 15.0 Å². The molecule has 0 spiro atoms. The molecule has 2 aromatic heterocycles. The SMILES string of the molecule is CCc1nc(-c2cccc3cccnc23)nc(NC)c1Br. The molecule has 0 bridgehead atoms. The van der Waals surface area contributed by atoms with Gasteiger partial charge in [0, 0.05) is 24.2 Å². The van der Waals surface area contributed by atoms with E-state index in [1.807, 2.05) is 37.4 Å². The van der Waals surface area contributed by atoms with Crippen molar-refractivity contribution in [2.75, 3.05) is 12.4 Å². The van der Waals surface area contributed by atoms with Crippen LogP contribution in [-0.2, 0) is 6.42 Å². The second-order valence-corrected chi connectivity index (χ2v) is 5.43. The molecule has 2 heterocycles. The van der Waals surface area contributed by atoms with Crippen molar-refractivity contribution in [3.05, 3.63) is 46.7 Å². The molecule has 4 nitrogen and oxygen atoms in total. The van der Waals surface area contributed by atoms with Crippen molar-refractivity contribution in [1.29, 1.82) is 0 Å². The summed E-state index contributed by atoms with van der Waals surface area (Å²) in [5.41, 5.74) is 2.86. The van der Waals surface area contributed by atoms with Crippen LogP contribution in [0.25, 0.3) is 22.3 Å². The number of aryl methyl sites for hydroxylation is 1. The maximum Gasteiger partial charge on any atom is 0.164 e. The number of pyridine rings is 1. The third-order valence-electron chi connectivity index (χ3n) is 3.37. The van der Waals surface area contributed by atoms with E-state index in [1.165, 1.54) is 0 Å². The standard InChI is InChI=1S/C16H15BrN4/c1-3-12-13(17)16(18-2)21-15(20-12)11-8-4-6-10-7-5-9-19-14(10)11/h4-9H,3H2,1-2H3,(H,18,20,21). The summed E-state index contributed by atoms with van der Waals surface area (Å²) in [6.45, 7) is 2.08. The van der Waals surface area contributed by atoms with Gasteiger partial charge in [-0.25, -0.2) is 9.97 Å². The number of nitrogens with one attached hydrogen (secondary N) is 1. The number of fused-ring (bicyclic) bond motifs is 1. The minimum Gasteiger partial charge on any atom is -0.372 e. The molecule has 0 radical (unpaired) electrons. The number of hydrogen-bond donors (Lipinski definition) is 1. The van der Waals surface area contributed by atoms with Crippen LogP contribution in [0.5, 0.6) is 0 Å². The molecule has 106 valence electrons. The summed E-state index contributed by atoms with van der Waals surface area (Å²) in [5, 5.41) is 4.20. The molecule has 0 atom stereocenters. The Morgan fingerprint density at radius 1 is 1.14 bits per heavy atom. The van der Waals surface area contributed by atoms with Gasteiger partial charge in [0.25, 0.3) is 0 Å². The summed E-state index contributed by atoms with van der Waals surface area (Å²) in [7, 11) is 1.86. The Kier molecular flexibility index (Phi) is 3.84. The van der Waals surface area contributed by atoms with E-state index in [9.17, 15) is 0 Å². The Morgan fingerprint density at radius 2 is 1.95 bits per heavy atom. The highest BCUT2D eigenvalue weighted by atomic mass is 79.9. The molecule has 0 amide bonds. The van der Waals surface area contributed by atoms with Gasteiger partial charge in [0.2, 0.25) is 0 Å². The average molecular weight is 343 g/mol. The zero-order chi connectivity index (χ0) is 14.8. The number of halogens is 1. The lowest BCUT2D eigenvalue weighted by atomic mass is 10.1. The van der Waals surface area contributed by atoms with Gasteiger partial charge in [-0.3, -0.25) is 4.98 Å². The third kappa shape index (κ3) is 2.49. The second kappa shape index (κ2) is 5.77. The summed E-state index contributed by atoms with van der Waals surface area (Å²) in [5.74, 6) is 1.49. The highest BCUT2D eigenvalue weighted by molar-refractivity contribution is 9.10. The maximum absolute atomic E-state index is 4.68. The zero-order valence-corrected chi connectivity index (χ0v) is 13.5. The fourth-order valence-corrected chi connectivity index (χ4v) is 2.95. The molecule has 0 unspecified atom stereocenters. The molecule has 3 rings (SSSR count). The molecule has 0 saturated heterocycles. The van der Waals surface area contributed by atoms with E-state index in [0.29, 0.717) is 5.82 Å². The van der Waals surface area contributed by atoms with E-state index >= 15 is 0 Å². The smallest absolute Gasteiger partial charge is 0.164 e. The van der Waals surface area contributed by atoms with Gasteiger partial charge in [0.05, 0.1) is 15.7 Å². The lowest BCUT2D eigenvalue weighted by molar-refractivity contribution is 0.992. The fourth-order valence-electron chi connectivity index (χ4n) is 2.30. The number of nitrogens with zero attached hydrogens (tertiary/aromatic N) is 3. The van der Waals surface area contributed by atoms with Gasteiger partial charge in [0.15, 0.2) is 5.82 Å². The van der Waals surface area contributed by atoms with Crippen LogP contribution in [0, 0.1) is 0 Å². The van der Waals surface area contributed by atoms with Gasteiger partial charge in [-0.15, -0.1) is 0 Å². The van der Waals surface area contributed by atoms with Crippen molar-refractivity contribution in [3.63, 3.8) is 0 Å². The first-order chi connectivity index (χ1) is 10.2. The van der Waals surface area contributed by atoms with Crippen LogP contribution in [0.1, 0.15) is 12.6 Å². The van der Waals surface area contributed by atoms with Crippen molar-refractivity contribution < 1.29 is 0 Å². The lowest BCUT2D eigenvalue weighted by Crippen LogP contribution is -2.03. The Morgan fingerprint density at radius 3 is 2.71 bits per heavy atom. The first-order valence-electron chi connectivity index (χ1n) is 6.83. The molecule has 0 aliphatic heterocycles. The molecule has 3 aromatic rings. The molecule has 0 aliphatic rings. The van der Waals surface area contributed by atoms with Crippen LogP contribution in [-0.4, -0.2) is 22.0 Å². The monoisotopic (exact) mass is 342 g/mol. The Bertz CT molecular complexity index is 771. The zero-order valence-electron chi connectivity index (χ0n) is 11.9. The molecule has 1 N–H and O–H groups in total. The van der Waals surface area contributed by atoms with Crippen LogP contribution in [0.2, 0.25) is 0 Å². The number of rotatable bonds is 3. The molecule has 0 saturated carbocycles. The lowest BCUT2D eigenvalue weighted by Gasteiger charge is -2.11. The van der Waals surface area contributed by atoms with Gasteiger partial charge in [-0.2, -0.15) is 0 Å². The molecule has 21 heavy (non-hydrogen) atoms. The van der Waals surface area contributed by atoms with Gasteiger partial charge >= 0.3 is 0 Å². The Hall–Kier alpha value is -2.01. The van der Waals surface area contributed by atoms with E-state index in [2.05, 4.69) is 43.1 Å². The first-order valence-corrected chi connectivity index (χ1v) is 7.62. The van der Waals surface area contributed by atoms with E-state index in [0.717, 1.165) is 38.9 Å². The minimum atomic E-state index is 0.698. The fraction of sp³-hybridized carbons (Fsp3) is 0.188. The summed E-state index contributed by atoms with van der Waals surface area (Å²) < 4.78 is 0.921. The van der Waals surface area contributed by atoms with Crippen molar-refractivity contribution >= 4 is 32.7 Å². The molecule has 5 heteroatoms. The van der Waals surface area contributed by atoms with E-state index in [1.54, 1.807) is 6.20 Å². The van der Waals surface area contributed by atoms with Crippen molar-refractivity contribution in [2.45, 2.75) is 13.3 Å². The predicted octanol–water partition coefficient (Wildman–Crippen LogP) is 4.06. The van der Waals surface area contributed by atoms with Crippen LogP contribution < -0.4 is 5.32 Å². The largest absolute Gasteiger partial charge is 0.372 e. The maximum atomic E-state index is 4.68. The van der Waals surface area contributed by atoms with Crippen LogP contribution >= 0.6 is 15.9 Å². The van der Waals surface area contributed by atoms with Gasteiger partial charge in [0.1, 0.15) is 5.82 Å². The van der Waals surface area contributed by atoms with Crippen LogP contribution in [0.15, 0.2) is 41.0 Å². The van der Waals surface area contributed by atoms with Gasteiger partial charge < -0.3 is 5.32 Å². The topological polar surface area (TPSA) is 50.7 Å². The molecule has 0 aliphatic carbocycles. The normalized spacial score (nSPS) is 10.8. The van der Waals surface area contributed by atoms with E-state index in [4.69, 9.17) is 0 Å². The molecular weight excluding hydrogens is 328 g/mol. The number of para-hydroxylation sites is 1. The third-order valence-corrected chi connectivity index (χ3v) is 4.20. The van der Waals surface area contributed by atoms with Crippen molar-refractivity contribution in [3.8, 4) is 11.4 Å².